The fourth-order valence-electron chi connectivity index (χ4n) is 2.92. The van der Waals surface area contributed by atoms with Gasteiger partial charge in [0.2, 0.25) is 5.91 Å². The number of H-pyrrole nitrogens is 1. The van der Waals surface area contributed by atoms with Crippen LogP contribution < -0.4 is 11.1 Å². The molecule has 0 atom stereocenters. The Morgan fingerprint density at radius 2 is 1.96 bits per heavy atom. The van der Waals surface area contributed by atoms with Crippen LogP contribution in [0.5, 0.6) is 0 Å². The van der Waals surface area contributed by atoms with Crippen molar-refractivity contribution in [1.29, 1.82) is 0 Å². The van der Waals surface area contributed by atoms with Crippen LogP contribution in [0.3, 0.4) is 0 Å². The molecule has 0 aliphatic carbocycles. The fourth-order valence-corrected chi connectivity index (χ4v) is 2.92. The van der Waals surface area contributed by atoms with E-state index in [1.54, 1.807) is 23.1 Å². The number of aromatic amines is 1. The lowest BCUT2D eigenvalue weighted by Gasteiger charge is -2.32. The molecular formula is C18H23N3O5. The number of hydrogen-bond donors (Lipinski definition) is 2. The van der Waals surface area contributed by atoms with E-state index < -0.39 is 11.4 Å². The molecule has 2 heterocycles. The van der Waals surface area contributed by atoms with Crippen molar-refractivity contribution in [3.63, 3.8) is 0 Å². The van der Waals surface area contributed by atoms with Crippen molar-refractivity contribution in [1.82, 2.24) is 9.88 Å². The highest BCUT2D eigenvalue weighted by Crippen LogP contribution is 2.22. The first kappa shape index (κ1) is 18.0. The number of anilines is 1. The molecule has 2 aromatic rings. The van der Waals surface area contributed by atoms with Crippen LogP contribution >= 0.6 is 0 Å². The molecule has 26 heavy (non-hydrogen) atoms. The number of hydrogen-bond acceptors (Lipinski definition) is 5. The van der Waals surface area contributed by atoms with E-state index in [9.17, 15) is 14.4 Å². The number of oxazole rings is 1. The highest BCUT2D eigenvalue weighted by Gasteiger charge is 2.30. The Labute approximate surface area is 150 Å². The van der Waals surface area contributed by atoms with Crippen molar-refractivity contribution in [2.75, 3.05) is 18.4 Å². The van der Waals surface area contributed by atoms with E-state index in [1.165, 1.54) is 0 Å². The maximum atomic E-state index is 12.5. The highest BCUT2D eigenvalue weighted by molar-refractivity contribution is 5.94. The quantitative estimate of drug-likeness (QED) is 0.856. The van der Waals surface area contributed by atoms with Crippen LogP contribution in [0.25, 0.3) is 11.1 Å². The molecule has 8 heteroatoms. The van der Waals surface area contributed by atoms with Crippen LogP contribution in [0.2, 0.25) is 0 Å². The topological polar surface area (TPSA) is 105 Å². The molecule has 2 amide bonds. The summed E-state index contributed by atoms with van der Waals surface area (Å²) in [6.45, 7) is 6.46. The summed E-state index contributed by atoms with van der Waals surface area (Å²) in [4.78, 5) is 39.9. The van der Waals surface area contributed by atoms with E-state index in [2.05, 4.69) is 10.3 Å². The summed E-state index contributed by atoms with van der Waals surface area (Å²) in [6, 6.07) is 4.98. The average molecular weight is 361 g/mol. The molecule has 0 bridgehead atoms. The molecule has 0 saturated carbocycles. The Hall–Kier alpha value is -2.77. The fraction of sp³-hybridized carbons (Fsp3) is 0.500. The molecule has 140 valence electrons. The van der Waals surface area contributed by atoms with Gasteiger partial charge in [-0.2, -0.15) is 0 Å². The predicted octanol–water partition coefficient (Wildman–Crippen LogP) is 2.71. The second kappa shape index (κ2) is 6.86. The zero-order chi connectivity index (χ0) is 18.9. The summed E-state index contributed by atoms with van der Waals surface area (Å²) in [5.74, 6) is -0.801. The molecule has 0 radical (unpaired) electrons. The van der Waals surface area contributed by atoms with Crippen molar-refractivity contribution in [3.8, 4) is 0 Å². The van der Waals surface area contributed by atoms with Crippen molar-refractivity contribution < 1.29 is 18.7 Å². The molecular weight excluding hydrogens is 338 g/mol. The summed E-state index contributed by atoms with van der Waals surface area (Å²) in [6.07, 6.45) is 0.817. The van der Waals surface area contributed by atoms with Gasteiger partial charge >= 0.3 is 11.8 Å². The van der Waals surface area contributed by atoms with Crippen LogP contribution in [0.15, 0.2) is 27.4 Å². The number of nitrogens with zero attached hydrogens (tertiary/aromatic N) is 1. The lowest BCUT2D eigenvalue weighted by atomic mass is 9.96. The molecule has 1 aliphatic heterocycles. The molecule has 1 aliphatic rings. The Kier molecular flexibility index (Phi) is 4.76. The van der Waals surface area contributed by atoms with Crippen LogP contribution in [0.1, 0.15) is 33.6 Å². The largest absolute Gasteiger partial charge is 0.444 e. The molecule has 2 N–H and O–H groups in total. The molecule has 1 aromatic heterocycles. The summed E-state index contributed by atoms with van der Waals surface area (Å²) in [7, 11) is 0. The van der Waals surface area contributed by atoms with E-state index in [1.807, 2.05) is 20.8 Å². The van der Waals surface area contributed by atoms with Gasteiger partial charge in [0.05, 0.1) is 5.52 Å². The molecule has 3 rings (SSSR count). The van der Waals surface area contributed by atoms with Crippen molar-refractivity contribution in [2.45, 2.75) is 39.2 Å². The van der Waals surface area contributed by atoms with Crippen molar-refractivity contribution in [3.05, 3.63) is 28.7 Å². The van der Waals surface area contributed by atoms with Crippen LogP contribution in [0.4, 0.5) is 10.5 Å². The monoisotopic (exact) mass is 361 g/mol. The summed E-state index contributed by atoms with van der Waals surface area (Å²) >= 11 is 0. The van der Waals surface area contributed by atoms with Gasteiger partial charge in [0.15, 0.2) is 5.58 Å². The average Bonchev–Trinajstić information content (AvgIpc) is 2.92. The maximum absolute atomic E-state index is 12.5. The van der Waals surface area contributed by atoms with Crippen LogP contribution in [-0.2, 0) is 9.53 Å². The Morgan fingerprint density at radius 3 is 2.62 bits per heavy atom. The van der Waals surface area contributed by atoms with Gasteiger partial charge in [0.25, 0.3) is 0 Å². The van der Waals surface area contributed by atoms with E-state index in [-0.39, 0.29) is 17.9 Å². The number of fused-ring (bicyclic) bond motifs is 1. The lowest BCUT2D eigenvalue weighted by Crippen LogP contribution is -2.43. The molecule has 1 fully saturated rings. The minimum absolute atomic E-state index is 0.0981. The van der Waals surface area contributed by atoms with E-state index in [0.29, 0.717) is 42.7 Å². The number of ether oxygens (including phenoxy) is 1. The third-order valence-corrected chi connectivity index (χ3v) is 4.20. The van der Waals surface area contributed by atoms with Gasteiger partial charge in [-0.05, 0) is 51.8 Å². The number of likely N-dealkylation sites (tertiary alicyclic amines) is 1. The highest BCUT2D eigenvalue weighted by atomic mass is 16.6. The predicted molar refractivity (Wildman–Crippen MR) is 96.0 cm³/mol. The summed E-state index contributed by atoms with van der Waals surface area (Å²) < 4.78 is 10.3. The summed E-state index contributed by atoms with van der Waals surface area (Å²) in [5, 5.41) is 2.86. The van der Waals surface area contributed by atoms with Gasteiger partial charge in [-0.1, -0.05) is 0 Å². The van der Waals surface area contributed by atoms with Gasteiger partial charge in [0.1, 0.15) is 5.60 Å². The molecule has 1 saturated heterocycles. The van der Waals surface area contributed by atoms with Crippen molar-refractivity contribution >= 4 is 28.8 Å². The first-order chi connectivity index (χ1) is 12.2. The smallest absolute Gasteiger partial charge is 0.417 e. The van der Waals surface area contributed by atoms with Crippen LogP contribution in [0, 0.1) is 5.92 Å². The molecule has 0 spiro atoms. The standard InChI is InChI=1S/C18H23N3O5/c1-18(2,3)26-17(24)21-8-6-11(7-9-21)15(22)19-12-4-5-14-13(10-12)20-16(23)25-14/h4-5,10-11H,6-9H2,1-3H3,(H,19,22)(H,20,23). The third-order valence-electron chi connectivity index (χ3n) is 4.20. The van der Waals surface area contributed by atoms with Gasteiger partial charge in [-0.15, -0.1) is 0 Å². The second-order valence-electron chi connectivity index (χ2n) is 7.46. The molecule has 1 aromatic carbocycles. The minimum atomic E-state index is -0.530. The first-order valence-corrected chi connectivity index (χ1v) is 8.63. The van der Waals surface area contributed by atoms with Gasteiger partial charge in [-0.3, -0.25) is 9.78 Å². The van der Waals surface area contributed by atoms with E-state index in [4.69, 9.17) is 9.15 Å². The normalized spacial score (nSPS) is 15.9. The van der Waals surface area contributed by atoms with Crippen molar-refractivity contribution in [2.24, 2.45) is 5.92 Å². The minimum Gasteiger partial charge on any atom is -0.444 e. The Morgan fingerprint density at radius 1 is 1.27 bits per heavy atom. The third kappa shape index (κ3) is 4.25. The number of amides is 2. The zero-order valence-electron chi connectivity index (χ0n) is 15.1. The van der Waals surface area contributed by atoms with E-state index >= 15 is 0 Å². The summed E-state index contributed by atoms with van der Waals surface area (Å²) in [5.41, 5.74) is 1.04. The number of carbonyl (C=O) groups is 2. The van der Waals surface area contributed by atoms with Gasteiger partial charge in [0, 0.05) is 24.7 Å². The molecule has 8 nitrogen and oxygen atoms in total. The lowest BCUT2D eigenvalue weighted by molar-refractivity contribution is -0.121. The number of nitrogens with one attached hydrogen (secondary N) is 2. The SMILES string of the molecule is CC(C)(C)OC(=O)N1CCC(C(=O)Nc2ccc3oc(=O)[nH]c3c2)CC1. The number of piperidine rings is 1. The van der Waals surface area contributed by atoms with Crippen LogP contribution in [-0.4, -0.2) is 40.6 Å². The Balaban J connectivity index is 1.56. The molecule has 0 unspecified atom stereocenters. The Bertz CT molecular complexity index is 869. The second-order valence-corrected chi connectivity index (χ2v) is 7.46. The number of aromatic nitrogens is 1. The number of carbonyl (C=O) groups excluding carboxylic acids is 2. The maximum Gasteiger partial charge on any atom is 0.417 e. The first-order valence-electron chi connectivity index (χ1n) is 8.63. The van der Waals surface area contributed by atoms with Gasteiger partial charge in [-0.25, -0.2) is 9.59 Å². The number of benzene rings is 1. The van der Waals surface area contributed by atoms with E-state index in [0.717, 1.165) is 0 Å². The van der Waals surface area contributed by atoms with Gasteiger partial charge < -0.3 is 19.4 Å². The number of rotatable bonds is 2. The zero-order valence-corrected chi connectivity index (χ0v) is 15.1.